The Hall–Kier alpha value is -3.26. The Kier molecular flexibility index (Phi) is 11.5. The zero-order chi connectivity index (χ0) is 32.7. The fourth-order valence-corrected chi connectivity index (χ4v) is 5.77. The van der Waals surface area contributed by atoms with Crippen molar-refractivity contribution < 1.29 is 19.0 Å². The van der Waals surface area contributed by atoms with Gasteiger partial charge in [0.2, 0.25) is 0 Å². The van der Waals surface area contributed by atoms with Crippen LogP contribution in [0.15, 0.2) is 30.5 Å². The molecule has 0 radical (unpaired) electrons. The molecule has 4 rings (SSSR count). The maximum Gasteiger partial charge on any atom is 0.338 e. The lowest BCUT2D eigenvalue weighted by atomic mass is 9.82. The first kappa shape index (κ1) is 34.6. The molecule has 1 saturated heterocycles. The smallest absolute Gasteiger partial charge is 0.338 e. The number of aromatic nitrogens is 2. The molecule has 0 amide bonds. The van der Waals surface area contributed by atoms with E-state index in [-0.39, 0.29) is 12.0 Å². The number of carbonyl (C=O) groups is 1. The van der Waals surface area contributed by atoms with Gasteiger partial charge in [0.05, 0.1) is 23.8 Å². The van der Waals surface area contributed by atoms with Crippen LogP contribution in [0.3, 0.4) is 0 Å². The summed E-state index contributed by atoms with van der Waals surface area (Å²) in [7, 11) is 0. The van der Waals surface area contributed by atoms with Gasteiger partial charge in [0, 0.05) is 49.6 Å². The highest BCUT2D eigenvalue weighted by Crippen LogP contribution is 2.31. The van der Waals surface area contributed by atoms with Crippen LogP contribution in [0.2, 0.25) is 0 Å². The van der Waals surface area contributed by atoms with Crippen LogP contribution < -0.4 is 16.0 Å². The number of rotatable bonds is 12. The van der Waals surface area contributed by atoms with Gasteiger partial charge < -0.3 is 30.2 Å². The molecule has 3 heterocycles. The minimum atomic E-state index is -0.997. The summed E-state index contributed by atoms with van der Waals surface area (Å²) < 4.78 is 16.9. The highest BCUT2D eigenvalue weighted by Gasteiger charge is 2.35. The zero-order valence-electron chi connectivity index (χ0n) is 28.2. The molecule has 10 heteroatoms. The topological polar surface area (TPSA) is 130 Å². The van der Waals surface area contributed by atoms with Gasteiger partial charge in [-0.3, -0.25) is 0 Å². The molecule has 0 unspecified atom stereocenters. The van der Waals surface area contributed by atoms with Crippen LogP contribution in [0, 0.1) is 23.7 Å². The van der Waals surface area contributed by atoms with E-state index in [1.165, 1.54) is 0 Å². The highest BCUT2D eigenvalue weighted by atomic mass is 16.6. The molecule has 1 aliphatic carbocycles. The summed E-state index contributed by atoms with van der Waals surface area (Å²) in [4.78, 5) is 22.1. The largest absolute Gasteiger partial charge is 0.458 e. The van der Waals surface area contributed by atoms with Gasteiger partial charge in [0.1, 0.15) is 17.2 Å². The maximum atomic E-state index is 12.5. The number of nitrogens with one attached hydrogen (secondary N) is 3. The van der Waals surface area contributed by atoms with Crippen LogP contribution in [0.1, 0.15) is 85.6 Å². The van der Waals surface area contributed by atoms with E-state index in [4.69, 9.17) is 19.2 Å². The summed E-state index contributed by atoms with van der Waals surface area (Å²) in [5.74, 6) is 1.27. The molecule has 1 aliphatic heterocycles. The van der Waals surface area contributed by atoms with Crippen LogP contribution in [0.4, 0.5) is 11.6 Å². The van der Waals surface area contributed by atoms with E-state index in [1.807, 2.05) is 45.2 Å². The van der Waals surface area contributed by atoms with Gasteiger partial charge in [-0.2, -0.15) is 5.26 Å². The monoisotopic (exact) mass is 620 g/mol. The first-order valence-electron chi connectivity index (χ1n) is 16.3. The van der Waals surface area contributed by atoms with Crippen molar-refractivity contribution in [1.29, 1.82) is 5.26 Å². The number of aryl methyl sites for hydroxylation is 1. The minimum absolute atomic E-state index is 0.113. The molecule has 246 valence electrons. The highest BCUT2D eigenvalue weighted by molar-refractivity contribution is 5.79. The number of anilines is 2. The van der Waals surface area contributed by atoms with Crippen molar-refractivity contribution in [1.82, 2.24) is 15.3 Å². The predicted octanol–water partition coefficient (Wildman–Crippen LogP) is 6.02. The number of hydrogen-bond acceptors (Lipinski definition) is 10. The fraction of sp³-hybridized carbons (Fsp3) is 0.657. The molecule has 2 fully saturated rings. The fourth-order valence-electron chi connectivity index (χ4n) is 5.77. The Labute approximate surface area is 269 Å². The zero-order valence-corrected chi connectivity index (χ0v) is 28.2. The number of ether oxygens (including phenoxy) is 3. The second kappa shape index (κ2) is 14.9. The van der Waals surface area contributed by atoms with E-state index in [0.29, 0.717) is 38.4 Å². The molecule has 0 bridgehead atoms. The number of nitrogens with zero attached hydrogens (tertiary/aromatic N) is 3. The summed E-state index contributed by atoms with van der Waals surface area (Å²) in [5.41, 5.74) is 1.01. The molecule has 0 spiro atoms. The number of hydrogen-bond donors (Lipinski definition) is 3. The normalized spacial score (nSPS) is 20.9. The minimum Gasteiger partial charge on any atom is -0.458 e. The maximum absolute atomic E-state index is 12.5. The Morgan fingerprint density at radius 1 is 1.11 bits per heavy atom. The molecule has 2 aromatic heterocycles. The summed E-state index contributed by atoms with van der Waals surface area (Å²) in [5, 5.41) is 20.5. The summed E-state index contributed by atoms with van der Waals surface area (Å²) in [6, 6.07) is 11.4. The van der Waals surface area contributed by atoms with E-state index in [1.54, 1.807) is 13.8 Å². The third-order valence-corrected chi connectivity index (χ3v) is 8.61. The average molecular weight is 621 g/mol. The van der Waals surface area contributed by atoms with Crippen LogP contribution in [0.5, 0.6) is 0 Å². The second-order valence-corrected chi connectivity index (χ2v) is 14.2. The van der Waals surface area contributed by atoms with Crippen molar-refractivity contribution in [3.63, 3.8) is 0 Å². The second-order valence-electron chi connectivity index (χ2n) is 14.2. The van der Waals surface area contributed by atoms with E-state index in [0.717, 1.165) is 67.0 Å². The van der Waals surface area contributed by atoms with E-state index in [9.17, 15) is 10.1 Å². The Morgan fingerprint density at radius 3 is 2.47 bits per heavy atom. The van der Waals surface area contributed by atoms with Crippen molar-refractivity contribution >= 4 is 17.6 Å². The lowest BCUT2D eigenvalue weighted by Gasteiger charge is -2.33. The molecule has 1 saturated carbocycles. The SMILES string of the molecule is Cc1cnc(N[C@H]2CC[C@H](N[C@H](C)COC(C)(C)C(=O)OC(C)(C)C)CC2)cc1-c1cccc(NCC2(C#N)CCOCC2)n1. The number of esters is 1. The number of nitriles is 1. The quantitative estimate of drug-likeness (QED) is 0.242. The van der Waals surface area contributed by atoms with Crippen molar-refractivity contribution in [3.8, 4) is 17.3 Å². The van der Waals surface area contributed by atoms with Gasteiger partial charge in [0.25, 0.3) is 0 Å². The van der Waals surface area contributed by atoms with Gasteiger partial charge in [-0.05, 0) is 111 Å². The third kappa shape index (κ3) is 10.1. The van der Waals surface area contributed by atoms with Crippen molar-refractivity contribution in [2.24, 2.45) is 5.41 Å². The van der Waals surface area contributed by atoms with Crippen molar-refractivity contribution in [3.05, 3.63) is 36.0 Å². The van der Waals surface area contributed by atoms with E-state index < -0.39 is 16.6 Å². The van der Waals surface area contributed by atoms with Gasteiger partial charge in [0.15, 0.2) is 5.60 Å². The van der Waals surface area contributed by atoms with Gasteiger partial charge in [-0.1, -0.05) is 6.07 Å². The first-order valence-corrected chi connectivity index (χ1v) is 16.3. The van der Waals surface area contributed by atoms with Crippen LogP contribution in [-0.2, 0) is 19.0 Å². The predicted molar refractivity (Wildman–Crippen MR) is 177 cm³/mol. The molecule has 0 aromatic carbocycles. The number of carbonyl (C=O) groups excluding carboxylic acids is 1. The van der Waals surface area contributed by atoms with Crippen LogP contribution >= 0.6 is 0 Å². The Balaban J connectivity index is 1.27. The molecule has 1 atom stereocenters. The van der Waals surface area contributed by atoms with Crippen LogP contribution in [-0.4, -0.2) is 71.6 Å². The van der Waals surface area contributed by atoms with Crippen LogP contribution in [0.25, 0.3) is 11.3 Å². The van der Waals surface area contributed by atoms with E-state index in [2.05, 4.69) is 46.9 Å². The first-order chi connectivity index (χ1) is 21.3. The van der Waals surface area contributed by atoms with E-state index >= 15 is 0 Å². The average Bonchev–Trinajstić information content (AvgIpc) is 3.01. The Bertz CT molecular complexity index is 1320. The number of pyridine rings is 2. The molecule has 2 aliphatic rings. The van der Waals surface area contributed by atoms with Gasteiger partial charge in [-0.25, -0.2) is 14.8 Å². The summed E-state index contributed by atoms with van der Waals surface area (Å²) >= 11 is 0. The molecular formula is C35H52N6O4. The molecule has 3 N–H and O–H groups in total. The molecule has 45 heavy (non-hydrogen) atoms. The van der Waals surface area contributed by atoms with Gasteiger partial charge >= 0.3 is 5.97 Å². The van der Waals surface area contributed by atoms with Crippen molar-refractivity contribution in [2.45, 2.75) is 116 Å². The Morgan fingerprint density at radius 2 is 1.80 bits per heavy atom. The standard InChI is InChI=1S/C35H52N6O4/c1-24-20-37-31(19-28(24)29-9-8-10-30(41-29)38-23-35(22-36)15-17-43-18-16-35)40-27-13-11-26(12-14-27)39-25(2)21-44-34(6,7)32(42)45-33(3,4)5/h8-10,19-20,25-27,39H,11-18,21,23H2,1-7H3,(H,37,40)(H,38,41)/t25-,26-,27-/m1/s1. The lowest BCUT2D eigenvalue weighted by Crippen LogP contribution is -2.46. The van der Waals surface area contributed by atoms with Crippen molar-refractivity contribution in [2.75, 3.05) is 37.0 Å². The third-order valence-electron chi connectivity index (χ3n) is 8.61. The summed E-state index contributed by atoms with van der Waals surface area (Å²) in [6.07, 6.45) is 7.51. The molecule has 10 nitrogen and oxygen atoms in total. The molecular weight excluding hydrogens is 568 g/mol. The summed E-state index contributed by atoms with van der Waals surface area (Å²) in [6.45, 7) is 15.5. The molecule has 2 aromatic rings. The lowest BCUT2D eigenvalue weighted by molar-refractivity contribution is -0.180. The van der Waals surface area contributed by atoms with Gasteiger partial charge in [-0.15, -0.1) is 0 Å².